The van der Waals surface area contributed by atoms with Crippen molar-refractivity contribution in [2.24, 2.45) is 0 Å². The van der Waals surface area contributed by atoms with E-state index in [0.717, 1.165) is 0 Å². The molecule has 1 aliphatic rings. The molecule has 0 aromatic carbocycles. The Morgan fingerprint density at radius 3 is 2.36 bits per heavy atom. The van der Waals surface area contributed by atoms with Crippen LogP contribution >= 0.6 is 0 Å². The molecule has 0 N–H and O–H groups in total. The molecule has 0 spiro atoms. The van der Waals surface area contributed by atoms with Crippen LogP contribution in [0.1, 0.15) is 19.8 Å². The maximum absolute atomic E-state index is 12.6. The fourth-order valence-electron chi connectivity index (χ4n) is 0.865. The van der Waals surface area contributed by atoms with Crippen LogP contribution in [0.15, 0.2) is 11.4 Å². The molecule has 0 amide bonds. The summed E-state index contributed by atoms with van der Waals surface area (Å²) in [5.74, 6) is -3.02. The van der Waals surface area contributed by atoms with Crippen molar-refractivity contribution in [3.8, 4) is 0 Å². The van der Waals surface area contributed by atoms with E-state index in [9.17, 15) is 14.0 Å². The minimum absolute atomic E-state index is 0.127. The van der Waals surface area contributed by atoms with Gasteiger partial charge in [-0.1, -0.05) is 13.3 Å². The summed E-state index contributed by atoms with van der Waals surface area (Å²) in [6.45, 7) is 1.79. The second-order valence-corrected chi connectivity index (χ2v) is 2.22. The van der Waals surface area contributed by atoms with E-state index < -0.39 is 17.8 Å². The van der Waals surface area contributed by atoms with Gasteiger partial charge in [-0.25, -0.2) is 9.59 Å². The van der Waals surface area contributed by atoms with E-state index >= 15 is 0 Å². The van der Waals surface area contributed by atoms with Crippen LogP contribution in [-0.4, -0.2) is 11.9 Å². The number of rotatable bonds is 2. The number of carbonyl (C=O) groups excluding carboxylic acids is 2. The molecule has 1 rings (SSSR count). The molecule has 4 heteroatoms. The minimum atomic E-state index is -1.15. The molecule has 0 bridgehead atoms. The summed E-state index contributed by atoms with van der Waals surface area (Å²) in [4.78, 5) is 21.0. The van der Waals surface area contributed by atoms with Crippen molar-refractivity contribution < 1.29 is 18.7 Å². The summed E-state index contributed by atoms with van der Waals surface area (Å²) >= 11 is 0. The third-order valence-electron chi connectivity index (χ3n) is 1.38. The van der Waals surface area contributed by atoms with Crippen LogP contribution in [0.2, 0.25) is 0 Å². The largest absolute Gasteiger partial charge is 0.384 e. The zero-order chi connectivity index (χ0) is 8.43. The summed E-state index contributed by atoms with van der Waals surface area (Å²) in [5.41, 5.74) is -0.127. The van der Waals surface area contributed by atoms with Crippen molar-refractivity contribution in [3.63, 3.8) is 0 Å². The molecule has 0 saturated heterocycles. The number of esters is 2. The summed E-state index contributed by atoms with van der Waals surface area (Å²) in [6.07, 6.45) is 0.877. The lowest BCUT2D eigenvalue weighted by Gasteiger charge is -1.91. The van der Waals surface area contributed by atoms with E-state index in [1.807, 2.05) is 0 Å². The van der Waals surface area contributed by atoms with Gasteiger partial charge in [-0.2, -0.15) is 4.39 Å². The van der Waals surface area contributed by atoms with E-state index in [1.54, 1.807) is 6.92 Å². The van der Waals surface area contributed by atoms with Crippen LogP contribution in [0.25, 0.3) is 0 Å². The molecular formula is C7H7FO3. The van der Waals surface area contributed by atoms with Crippen LogP contribution in [-0.2, 0) is 14.3 Å². The smallest absolute Gasteiger partial charge is 0.375 e. The number of halogens is 1. The molecule has 0 aromatic rings. The fraction of sp³-hybridized carbons (Fsp3) is 0.429. The molecular weight excluding hydrogens is 151 g/mol. The third kappa shape index (κ3) is 1.29. The van der Waals surface area contributed by atoms with Gasteiger partial charge in [0.15, 0.2) is 0 Å². The SMILES string of the molecule is CCCC1=C(F)C(=O)OC1=O. The van der Waals surface area contributed by atoms with E-state index in [4.69, 9.17) is 0 Å². The first-order valence-corrected chi connectivity index (χ1v) is 3.32. The lowest BCUT2D eigenvalue weighted by Crippen LogP contribution is -2.01. The van der Waals surface area contributed by atoms with Crippen LogP contribution < -0.4 is 0 Å². The Morgan fingerprint density at radius 1 is 1.36 bits per heavy atom. The predicted octanol–water partition coefficient (Wildman–Crippen LogP) is 1.09. The van der Waals surface area contributed by atoms with E-state index in [2.05, 4.69) is 4.74 Å². The number of cyclic esters (lactones) is 2. The van der Waals surface area contributed by atoms with Gasteiger partial charge in [0.1, 0.15) is 0 Å². The normalized spacial score (nSPS) is 17.6. The van der Waals surface area contributed by atoms with Gasteiger partial charge >= 0.3 is 11.9 Å². The highest BCUT2D eigenvalue weighted by molar-refractivity contribution is 6.10. The lowest BCUT2D eigenvalue weighted by molar-refractivity contribution is -0.151. The summed E-state index contributed by atoms with van der Waals surface area (Å²) in [5, 5.41) is 0. The Morgan fingerprint density at radius 2 is 2.00 bits per heavy atom. The Kier molecular flexibility index (Phi) is 2.03. The van der Waals surface area contributed by atoms with Crippen molar-refractivity contribution in [2.75, 3.05) is 0 Å². The van der Waals surface area contributed by atoms with Crippen LogP contribution in [0.4, 0.5) is 4.39 Å². The van der Waals surface area contributed by atoms with E-state index in [0.29, 0.717) is 6.42 Å². The van der Waals surface area contributed by atoms with Gasteiger partial charge in [0, 0.05) is 0 Å². The lowest BCUT2D eigenvalue weighted by atomic mass is 10.1. The topological polar surface area (TPSA) is 43.4 Å². The van der Waals surface area contributed by atoms with Crippen molar-refractivity contribution >= 4 is 11.9 Å². The van der Waals surface area contributed by atoms with Gasteiger partial charge in [0.25, 0.3) is 0 Å². The standard InChI is InChI=1S/C7H7FO3/c1-2-3-4-5(8)7(10)11-6(4)9/h2-3H2,1H3. The maximum Gasteiger partial charge on any atom is 0.375 e. The Labute approximate surface area is 62.8 Å². The van der Waals surface area contributed by atoms with E-state index in [-0.39, 0.29) is 12.0 Å². The molecule has 0 aliphatic carbocycles. The monoisotopic (exact) mass is 158 g/mol. The van der Waals surface area contributed by atoms with E-state index in [1.165, 1.54) is 0 Å². The van der Waals surface area contributed by atoms with Gasteiger partial charge in [-0.05, 0) is 6.42 Å². The number of ether oxygens (including phenoxy) is 1. The molecule has 1 aliphatic heterocycles. The van der Waals surface area contributed by atoms with Crippen molar-refractivity contribution in [1.29, 1.82) is 0 Å². The van der Waals surface area contributed by atoms with Crippen LogP contribution in [0.5, 0.6) is 0 Å². The first-order chi connectivity index (χ1) is 5.16. The Balaban J connectivity index is 2.87. The zero-order valence-corrected chi connectivity index (χ0v) is 6.02. The van der Waals surface area contributed by atoms with Crippen LogP contribution in [0, 0.1) is 0 Å². The van der Waals surface area contributed by atoms with Gasteiger partial charge in [-0.3, -0.25) is 0 Å². The predicted molar refractivity (Wildman–Crippen MR) is 34.1 cm³/mol. The first-order valence-electron chi connectivity index (χ1n) is 3.32. The molecule has 0 unspecified atom stereocenters. The van der Waals surface area contributed by atoms with Crippen LogP contribution in [0.3, 0.4) is 0 Å². The summed E-state index contributed by atoms with van der Waals surface area (Å²) in [7, 11) is 0. The molecule has 60 valence electrons. The third-order valence-corrected chi connectivity index (χ3v) is 1.38. The number of carbonyl (C=O) groups is 2. The molecule has 0 radical (unpaired) electrons. The first kappa shape index (κ1) is 7.91. The number of hydrogen-bond acceptors (Lipinski definition) is 3. The van der Waals surface area contributed by atoms with Gasteiger partial charge in [-0.15, -0.1) is 0 Å². The van der Waals surface area contributed by atoms with Gasteiger partial charge in [0.2, 0.25) is 5.83 Å². The van der Waals surface area contributed by atoms with Gasteiger partial charge < -0.3 is 4.74 Å². The highest BCUT2D eigenvalue weighted by atomic mass is 19.1. The Bertz CT molecular complexity index is 242. The number of hydrogen-bond donors (Lipinski definition) is 0. The van der Waals surface area contributed by atoms with Crippen molar-refractivity contribution in [2.45, 2.75) is 19.8 Å². The average Bonchev–Trinajstić information content (AvgIpc) is 2.17. The van der Waals surface area contributed by atoms with Gasteiger partial charge in [0.05, 0.1) is 5.57 Å². The highest BCUT2D eigenvalue weighted by Crippen LogP contribution is 2.21. The Hall–Kier alpha value is -1.19. The average molecular weight is 158 g/mol. The molecule has 0 saturated carbocycles. The molecule has 0 fully saturated rings. The fourth-order valence-corrected chi connectivity index (χ4v) is 0.865. The summed E-state index contributed by atoms with van der Waals surface area (Å²) in [6, 6.07) is 0. The minimum Gasteiger partial charge on any atom is -0.384 e. The molecule has 11 heavy (non-hydrogen) atoms. The van der Waals surface area contributed by atoms with Crippen molar-refractivity contribution in [3.05, 3.63) is 11.4 Å². The zero-order valence-electron chi connectivity index (χ0n) is 6.02. The second-order valence-electron chi connectivity index (χ2n) is 2.22. The molecule has 3 nitrogen and oxygen atoms in total. The molecule has 0 aromatic heterocycles. The summed E-state index contributed by atoms with van der Waals surface area (Å²) < 4.78 is 16.6. The molecule has 1 heterocycles. The maximum atomic E-state index is 12.6. The second kappa shape index (κ2) is 2.82. The quantitative estimate of drug-likeness (QED) is 0.446. The molecule has 0 atom stereocenters. The highest BCUT2D eigenvalue weighted by Gasteiger charge is 2.32. The van der Waals surface area contributed by atoms with Crippen molar-refractivity contribution in [1.82, 2.24) is 0 Å².